The van der Waals surface area contributed by atoms with Crippen molar-refractivity contribution in [2.24, 2.45) is 0 Å². The molecule has 1 aromatic rings. The van der Waals surface area contributed by atoms with Crippen LogP contribution < -0.4 is 10.1 Å². The molecule has 0 amide bonds. The van der Waals surface area contributed by atoms with Gasteiger partial charge < -0.3 is 10.1 Å². The lowest BCUT2D eigenvalue weighted by atomic mass is 10.1. The Morgan fingerprint density at radius 2 is 2.00 bits per heavy atom. The Kier molecular flexibility index (Phi) is 6.21. The fourth-order valence-corrected chi connectivity index (χ4v) is 1.75. The summed E-state index contributed by atoms with van der Waals surface area (Å²) >= 11 is 0. The molecule has 17 heavy (non-hydrogen) atoms. The van der Waals surface area contributed by atoms with E-state index in [4.69, 9.17) is 4.74 Å². The van der Waals surface area contributed by atoms with Gasteiger partial charge in [0, 0.05) is 12.5 Å². The minimum absolute atomic E-state index is 0.426. The van der Waals surface area contributed by atoms with Crippen molar-refractivity contribution in [1.82, 2.24) is 5.32 Å². The average Bonchev–Trinajstić information content (AvgIpc) is 2.38. The second kappa shape index (κ2) is 7.76. The predicted molar refractivity (Wildman–Crippen MR) is 72.1 cm³/mol. The van der Waals surface area contributed by atoms with Gasteiger partial charge in [-0.1, -0.05) is 19.1 Å². The molecule has 0 fully saturated rings. The molecule has 2 heteroatoms. The molecular weight excluding hydrogens is 210 g/mol. The van der Waals surface area contributed by atoms with E-state index in [1.54, 1.807) is 0 Å². The first-order valence-corrected chi connectivity index (χ1v) is 6.11. The first kappa shape index (κ1) is 13.6. The second-order valence-corrected chi connectivity index (χ2v) is 3.84. The van der Waals surface area contributed by atoms with Crippen LogP contribution in [0.25, 0.3) is 0 Å². The number of nitrogens with one attached hydrogen (secondary N) is 1. The SMILES string of the molecule is CC#CCCOc1ccc(C(CC)NC)cc1. The van der Waals surface area contributed by atoms with Gasteiger partial charge in [-0.15, -0.1) is 11.8 Å². The van der Waals surface area contributed by atoms with Gasteiger partial charge in [0.15, 0.2) is 0 Å². The van der Waals surface area contributed by atoms with E-state index in [0.717, 1.165) is 18.6 Å². The van der Waals surface area contributed by atoms with Crippen molar-refractivity contribution in [3.8, 4) is 17.6 Å². The van der Waals surface area contributed by atoms with Crippen LogP contribution in [0.15, 0.2) is 24.3 Å². The first-order chi connectivity index (χ1) is 8.31. The molecule has 1 unspecified atom stereocenters. The minimum Gasteiger partial charge on any atom is -0.493 e. The van der Waals surface area contributed by atoms with Crippen LogP contribution >= 0.6 is 0 Å². The lowest BCUT2D eigenvalue weighted by molar-refractivity contribution is 0.327. The molecule has 0 saturated carbocycles. The molecule has 0 saturated heterocycles. The highest BCUT2D eigenvalue weighted by Gasteiger charge is 2.05. The van der Waals surface area contributed by atoms with Crippen LogP contribution in [0.3, 0.4) is 0 Å². The third-order valence-electron chi connectivity index (χ3n) is 2.71. The third kappa shape index (κ3) is 4.50. The van der Waals surface area contributed by atoms with Crippen LogP contribution in [0, 0.1) is 11.8 Å². The second-order valence-electron chi connectivity index (χ2n) is 3.84. The lowest BCUT2D eigenvalue weighted by Crippen LogP contribution is -2.14. The largest absolute Gasteiger partial charge is 0.493 e. The highest BCUT2D eigenvalue weighted by atomic mass is 16.5. The van der Waals surface area contributed by atoms with Crippen LogP contribution in [-0.2, 0) is 0 Å². The van der Waals surface area contributed by atoms with E-state index in [1.165, 1.54) is 5.56 Å². The highest BCUT2D eigenvalue weighted by molar-refractivity contribution is 5.29. The van der Waals surface area contributed by atoms with Gasteiger partial charge >= 0.3 is 0 Å². The molecule has 0 radical (unpaired) electrons. The Bertz CT molecular complexity index is 368. The maximum absolute atomic E-state index is 5.59. The van der Waals surface area contributed by atoms with Gasteiger partial charge in [0.1, 0.15) is 5.75 Å². The summed E-state index contributed by atoms with van der Waals surface area (Å²) in [4.78, 5) is 0. The molecule has 1 N–H and O–H groups in total. The van der Waals surface area contributed by atoms with Gasteiger partial charge in [0.2, 0.25) is 0 Å². The first-order valence-electron chi connectivity index (χ1n) is 6.11. The molecule has 1 atom stereocenters. The molecule has 0 aliphatic carbocycles. The summed E-state index contributed by atoms with van der Waals surface area (Å²) in [5, 5.41) is 3.29. The zero-order valence-electron chi connectivity index (χ0n) is 10.9. The Labute approximate surface area is 104 Å². The maximum Gasteiger partial charge on any atom is 0.119 e. The summed E-state index contributed by atoms with van der Waals surface area (Å²) in [6.45, 7) is 4.68. The van der Waals surface area contributed by atoms with E-state index in [1.807, 2.05) is 26.1 Å². The van der Waals surface area contributed by atoms with Crippen molar-refractivity contribution in [1.29, 1.82) is 0 Å². The summed E-state index contributed by atoms with van der Waals surface area (Å²) in [5.41, 5.74) is 1.30. The van der Waals surface area contributed by atoms with E-state index in [0.29, 0.717) is 12.6 Å². The summed E-state index contributed by atoms with van der Waals surface area (Å²) in [7, 11) is 1.99. The van der Waals surface area contributed by atoms with E-state index in [9.17, 15) is 0 Å². The monoisotopic (exact) mass is 231 g/mol. The van der Waals surface area contributed by atoms with E-state index in [2.05, 4.69) is 36.2 Å². The molecule has 0 aromatic heterocycles. The Hall–Kier alpha value is -1.46. The van der Waals surface area contributed by atoms with Crippen LogP contribution in [0.2, 0.25) is 0 Å². The van der Waals surface area contributed by atoms with E-state index in [-0.39, 0.29) is 0 Å². The number of hydrogen-bond donors (Lipinski definition) is 1. The van der Waals surface area contributed by atoms with Gasteiger partial charge in [-0.2, -0.15) is 0 Å². The van der Waals surface area contributed by atoms with Gasteiger partial charge in [-0.3, -0.25) is 0 Å². The van der Waals surface area contributed by atoms with E-state index >= 15 is 0 Å². The van der Waals surface area contributed by atoms with Gasteiger partial charge in [0.05, 0.1) is 6.61 Å². The van der Waals surface area contributed by atoms with Crippen molar-refractivity contribution in [2.45, 2.75) is 32.7 Å². The van der Waals surface area contributed by atoms with E-state index < -0.39 is 0 Å². The Balaban J connectivity index is 2.51. The van der Waals surface area contributed by atoms with Crippen molar-refractivity contribution >= 4 is 0 Å². The van der Waals surface area contributed by atoms with Crippen molar-refractivity contribution < 1.29 is 4.74 Å². The number of hydrogen-bond acceptors (Lipinski definition) is 2. The molecule has 0 aliphatic rings. The number of rotatable bonds is 6. The Morgan fingerprint density at radius 1 is 1.29 bits per heavy atom. The van der Waals surface area contributed by atoms with Gasteiger partial charge in [-0.25, -0.2) is 0 Å². The normalized spacial score (nSPS) is 11.5. The molecule has 2 nitrogen and oxygen atoms in total. The molecular formula is C15H21NO. The molecule has 0 bridgehead atoms. The fraction of sp³-hybridized carbons (Fsp3) is 0.467. The van der Waals surface area contributed by atoms with Crippen molar-refractivity contribution in [3.63, 3.8) is 0 Å². The van der Waals surface area contributed by atoms with Crippen LogP contribution in [-0.4, -0.2) is 13.7 Å². The van der Waals surface area contributed by atoms with Gasteiger partial charge in [-0.05, 0) is 38.1 Å². The Morgan fingerprint density at radius 3 is 2.53 bits per heavy atom. The molecule has 0 aliphatic heterocycles. The summed E-state index contributed by atoms with van der Waals surface area (Å²) < 4.78 is 5.59. The smallest absolute Gasteiger partial charge is 0.119 e. The zero-order chi connectivity index (χ0) is 12.5. The molecule has 0 spiro atoms. The van der Waals surface area contributed by atoms with Crippen molar-refractivity contribution in [3.05, 3.63) is 29.8 Å². The van der Waals surface area contributed by atoms with Gasteiger partial charge in [0.25, 0.3) is 0 Å². The summed E-state index contributed by atoms with van der Waals surface area (Å²) in [6, 6.07) is 8.70. The van der Waals surface area contributed by atoms with Crippen LogP contribution in [0.5, 0.6) is 5.75 Å². The molecule has 1 aromatic carbocycles. The maximum atomic E-state index is 5.59. The summed E-state index contributed by atoms with van der Waals surface area (Å²) in [6.07, 6.45) is 1.87. The van der Waals surface area contributed by atoms with Crippen LogP contribution in [0.4, 0.5) is 0 Å². The average molecular weight is 231 g/mol. The number of benzene rings is 1. The van der Waals surface area contributed by atoms with Crippen molar-refractivity contribution in [2.75, 3.05) is 13.7 Å². The third-order valence-corrected chi connectivity index (χ3v) is 2.71. The minimum atomic E-state index is 0.426. The topological polar surface area (TPSA) is 21.3 Å². The number of ether oxygens (including phenoxy) is 1. The zero-order valence-corrected chi connectivity index (χ0v) is 10.9. The predicted octanol–water partition coefficient (Wildman–Crippen LogP) is 3.15. The molecule has 92 valence electrons. The summed E-state index contributed by atoms with van der Waals surface area (Å²) in [5.74, 6) is 6.75. The van der Waals surface area contributed by atoms with Crippen LogP contribution in [0.1, 0.15) is 38.3 Å². The molecule has 0 heterocycles. The highest BCUT2D eigenvalue weighted by Crippen LogP contribution is 2.19. The quantitative estimate of drug-likeness (QED) is 0.600. The standard InChI is InChI=1S/C15H21NO/c1-4-6-7-12-17-14-10-8-13(9-11-14)15(5-2)16-3/h8-11,15-16H,5,7,12H2,1-3H3. The lowest BCUT2D eigenvalue weighted by Gasteiger charge is -2.14. The molecule has 1 rings (SSSR count). The fourth-order valence-electron chi connectivity index (χ4n) is 1.75.